The van der Waals surface area contributed by atoms with E-state index in [0.29, 0.717) is 20.7 Å². The third kappa shape index (κ3) is 3.81. The highest BCUT2D eigenvalue weighted by atomic mass is 79.9. The Morgan fingerprint density at radius 2 is 1.74 bits per heavy atom. The third-order valence-electron chi connectivity index (χ3n) is 2.36. The predicted molar refractivity (Wildman–Crippen MR) is 88.9 cm³/mol. The zero-order valence-corrected chi connectivity index (χ0v) is 14.9. The minimum absolute atomic E-state index is 0.198. The van der Waals surface area contributed by atoms with Gasteiger partial charge in [0, 0.05) is 19.0 Å². The van der Waals surface area contributed by atoms with E-state index in [1.807, 2.05) is 18.2 Å². The molecule has 19 heavy (non-hydrogen) atoms. The topological polar surface area (TPSA) is 29.1 Å². The molecule has 0 atom stereocenters. The second-order valence-electron chi connectivity index (χ2n) is 3.71. The molecule has 0 aliphatic rings. The summed E-state index contributed by atoms with van der Waals surface area (Å²) in [5.41, 5.74) is 1.23. The molecular formula is C13H7Br3ClNO. The van der Waals surface area contributed by atoms with Crippen molar-refractivity contribution in [1.82, 2.24) is 0 Å². The third-order valence-corrected chi connectivity index (χ3v) is 4.76. The summed E-state index contributed by atoms with van der Waals surface area (Å²) < 4.78 is 2.40. The monoisotopic (exact) mass is 465 g/mol. The normalized spacial score (nSPS) is 10.3. The van der Waals surface area contributed by atoms with E-state index in [0.717, 1.165) is 8.95 Å². The van der Waals surface area contributed by atoms with Crippen molar-refractivity contribution < 1.29 is 4.79 Å². The molecule has 0 unspecified atom stereocenters. The van der Waals surface area contributed by atoms with Gasteiger partial charge in [0.15, 0.2) is 0 Å². The first-order chi connectivity index (χ1) is 8.97. The lowest BCUT2D eigenvalue weighted by Gasteiger charge is -2.08. The molecule has 2 rings (SSSR count). The van der Waals surface area contributed by atoms with E-state index in [-0.39, 0.29) is 5.91 Å². The molecule has 0 heterocycles. The fraction of sp³-hybridized carbons (Fsp3) is 0. The molecule has 1 N–H and O–H groups in total. The van der Waals surface area contributed by atoms with Gasteiger partial charge >= 0.3 is 0 Å². The number of nitrogens with one attached hydrogen (secondary N) is 1. The van der Waals surface area contributed by atoms with Gasteiger partial charge in [0.25, 0.3) is 5.91 Å². The van der Waals surface area contributed by atoms with Crippen molar-refractivity contribution in [3.8, 4) is 0 Å². The van der Waals surface area contributed by atoms with Crippen LogP contribution in [-0.2, 0) is 0 Å². The summed E-state index contributed by atoms with van der Waals surface area (Å²) in [6, 6.07) is 10.6. The Balaban J connectivity index is 2.25. The van der Waals surface area contributed by atoms with Gasteiger partial charge in [0.05, 0.1) is 10.7 Å². The SMILES string of the molecule is O=C(Nc1cc(Br)ccc1Br)c1ccc(Cl)c(Br)c1. The second kappa shape index (κ2) is 6.39. The number of halogens is 4. The summed E-state index contributed by atoms with van der Waals surface area (Å²) in [5.74, 6) is -0.198. The molecule has 0 spiro atoms. The molecule has 0 saturated carbocycles. The van der Waals surface area contributed by atoms with E-state index in [2.05, 4.69) is 53.1 Å². The van der Waals surface area contributed by atoms with Crippen molar-refractivity contribution in [2.45, 2.75) is 0 Å². The van der Waals surface area contributed by atoms with Crippen molar-refractivity contribution >= 4 is 71.0 Å². The molecule has 2 aromatic rings. The van der Waals surface area contributed by atoms with Crippen LogP contribution >= 0.6 is 59.4 Å². The van der Waals surface area contributed by atoms with Crippen molar-refractivity contribution in [1.29, 1.82) is 0 Å². The summed E-state index contributed by atoms with van der Waals surface area (Å²) in [4.78, 5) is 12.1. The molecule has 0 radical (unpaired) electrons. The molecule has 6 heteroatoms. The van der Waals surface area contributed by atoms with Gasteiger partial charge in [-0.05, 0) is 68.3 Å². The van der Waals surface area contributed by atoms with Gasteiger partial charge in [-0.2, -0.15) is 0 Å². The first kappa shape index (κ1) is 15.0. The average Bonchev–Trinajstić information content (AvgIpc) is 2.37. The molecule has 2 nitrogen and oxygen atoms in total. The van der Waals surface area contributed by atoms with E-state index >= 15 is 0 Å². The van der Waals surface area contributed by atoms with Gasteiger partial charge in [0.1, 0.15) is 0 Å². The van der Waals surface area contributed by atoms with Crippen LogP contribution in [0.15, 0.2) is 49.8 Å². The average molecular weight is 468 g/mol. The van der Waals surface area contributed by atoms with E-state index in [1.165, 1.54) is 0 Å². The van der Waals surface area contributed by atoms with Gasteiger partial charge in [-0.25, -0.2) is 0 Å². The van der Waals surface area contributed by atoms with Crippen LogP contribution in [-0.4, -0.2) is 5.91 Å². The maximum Gasteiger partial charge on any atom is 0.255 e. The van der Waals surface area contributed by atoms with E-state index < -0.39 is 0 Å². The molecule has 0 aliphatic heterocycles. The molecule has 2 aromatic carbocycles. The molecule has 0 saturated heterocycles. The predicted octanol–water partition coefficient (Wildman–Crippen LogP) is 5.88. The number of benzene rings is 2. The molecular weight excluding hydrogens is 461 g/mol. The molecule has 1 amide bonds. The number of rotatable bonds is 2. The van der Waals surface area contributed by atoms with E-state index in [9.17, 15) is 4.79 Å². The lowest BCUT2D eigenvalue weighted by Crippen LogP contribution is -2.12. The zero-order chi connectivity index (χ0) is 14.0. The van der Waals surface area contributed by atoms with Crippen LogP contribution < -0.4 is 5.32 Å². The van der Waals surface area contributed by atoms with Crippen LogP contribution in [0.25, 0.3) is 0 Å². The first-order valence-corrected chi connectivity index (χ1v) is 7.94. The van der Waals surface area contributed by atoms with Crippen molar-refractivity contribution in [2.24, 2.45) is 0 Å². The van der Waals surface area contributed by atoms with Gasteiger partial charge < -0.3 is 5.32 Å². The fourth-order valence-corrected chi connectivity index (χ4v) is 2.63. The highest BCUT2D eigenvalue weighted by Crippen LogP contribution is 2.28. The Bertz CT molecular complexity index is 646. The van der Waals surface area contributed by atoms with Crippen LogP contribution in [0.4, 0.5) is 5.69 Å². The number of amides is 1. The smallest absolute Gasteiger partial charge is 0.255 e. The number of carbonyl (C=O) groups excluding carboxylic acids is 1. The minimum Gasteiger partial charge on any atom is -0.321 e. The number of anilines is 1. The highest BCUT2D eigenvalue weighted by molar-refractivity contribution is 9.11. The van der Waals surface area contributed by atoms with E-state index in [1.54, 1.807) is 18.2 Å². The van der Waals surface area contributed by atoms with Gasteiger partial charge in [-0.3, -0.25) is 4.79 Å². The van der Waals surface area contributed by atoms with Gasteiger partial charge in [0.2, 0.25) is 0 Å². The van der Waals surface area contributed by atoms with Crippen LogP contribution in [0.3, 0.4) is 0 Å². The summed E-state index contributed by atoms with van der Waals surface area (Å²) >= 11 is 16.0. The Hall–Kier alpha value is -0.360. The summed E-state index contributed by atoms with van der Waals surface area (Å²) in [6.45, 7) is 0. The van der Waals surface area contributed by atoms with Gasteiger partial charge in [-0.1, -0.05) is 27.5 Å². The van der Waals surface area contributed by atoms with Crippen molar-refractivity contribution in [2.75, 3.05) is 5.32 Å². The number of carbonyl (C=O) groups is 1. The fourth-order valence-electron chi connectivity index (χ4n) is 1.43. The maximum absolute atomic E-state index is 12.1. The second-order valence-corrected chi connectivity index (χ2v) is 6.74. The van der Waals surface area contributed by atoms with Crippen molar-refractivity contribution in [3.05, 3.63) is 60.4 Å². The quantitative estimate of drug-likeness (QED) is 0.586. The lowest BCUT2D eigenvalue weighted by molar-refractivity contribution is 0.102. The Kier molecular flexibility index (Phi) is 5.06. The van der Waals surface area contributed by atoms with E-state index in [4.69, 9.17) is 11.6 Å². The van der Waals surface area contributed by atoms with Crippen LogP contribution in [0.5, 0.6) is 0 Å². The molecule has 0 aliphatic carbocycles. The van der Waals surface area contributed by atoms with Gasteiger partial charge in [-0.15, -0.1) is 0 Å². The Morgan fingerprint density at radius 3 is 2.42 bits per heavy atom. The Labute approximate surface area is 140 Å². The summed E-state index contributed by atoms with van der Waals surface area (Å²) in [7, 11) is 0. The highest BCUT2D eigenvalue weighted by Gasteiger charge is 2.10. The standard InChI is InChI=1S/C13H7Br3ClNO/c14-8-2-3-9(15)12(6-8)18-13(19)7-1-4-11(17)10(16)5-7/h1-6H,(H,18,19). The summed E-state index contributed by atoms with van der Waals surface area (Å²) in [6.07, 6.45) is 0. The van der Waals surface area contributed by atoms with Crippen molar-refractivity contribution in [3.63, 3.8) is 0 Å². The van der Waals surface area contributed by atoms with Crippen LogP contribution in [0.2, 0.25) is 5.02 Å². The summed E-state index contributed by atoms with van der Waals surface area (Å²) in [5, 5.41) is 3.40. The number of hydrogen-bond donors (Lipinski definition) is 1. The molecule has 0 bridgehead atoms. The maximum atomic E-state index is 12.1. The first-order valence-electron chi connectivity index (χ1n) is 5.19. The molecule has 0 fully saturated rings. The molecule has 0 aromatic heterocycles. The number of hydrogen-bond acceptors (Lipinski definition) is 1. The van der Waals surface area contributed by atoms with Crippen LogP contribution in [0, 0.1) is 0 Å². The lowest BCUT2D eigenvalue weighted by atomic mass is 10.2. The minimum atomic E-state index is -0.198. The Morgan fingerprint density at radius 1 is 1.00 bits per heavy atom. The van der Waals surface area contributed by atoms with Crippen LogP contribution in [0.1, 0.15) is 10.4 Å². The zero-order valence-electron chi connectivity index (χ0n) is 9.38. The largest absolute Gasteiger partial charge is 0.321 e. The molecule has 98 valence electrons.